The van der Waals surface area contributed by atoms with E-state index in [9.17, 15) is 0 Å². The largest absolute Gasteiger partial charge is 0.424 e. The predicted molar refractivity (Wildman–Crippen MR) is 64.7 cm³/mol. The Morgan fingerprint density at radius 3 is 2.56 bits per heavy atom. The van der Waals surface area contributed by atoms with Gasteiger partial charge in [-0.3, -0.25) is 0 Å². The van der Waals surface area contributed by atoms with Crippen molar-refractivity contribution in [3.8, 4) is 11.8 Å². The third-order valence-corrected chi connectivity index (χ3v) is 2.67. The number of nitrogens with two attached hydrogens (primary N) is 1. The second-order valence-electron chi connectivity index (χ2n) is 3.04. The van der Waals surface area contributed by atoms with Gasteiger partial charge in [0, 0.05) is 11.1 Å². The second-order valence-corrected chi connectivity index (χ2v) is 3.92. The average Bonchev–Trinajstić information content (AvgIpc) is 2.30. The molecule has 2 N–H and O–H groups in total. The van der Waals surface area contributed by atoms with Crippen LogP contribution in [0.1, 0.15) is 0 Å². The highest BCUT2D eigenvalue weighted by molar-refractivity contribution is 7.98. The SMILES string of the molecule is CSc1ccc(Oc2nccc(N)n2)cc1. The lowest BCUT2D eigenvalue weighted by Gasteiger charge is -2.04. The number of hydrogen-bond donors (Lipinski definition) is 1. The van der Waals surface area contributed by atoms with E-state index in [1.54, 1.807) is 24.0 Å². The first-order valence-electron chi connectivity index (χ1n) is 4.68. The highest BCUT2D eigenvalue weighted by Crippen LogP contribution is 2.22. The Balaban J connectivity index is 2.14. The molecule has 0 spiro atoms. The minimum atomic E-state index is 0.261. The molecule has 0 unspecified atom stereocenters. The number of thioether (sulfide) groups is 1. The van der Waals surface area contributed by atoms with Gasteiger partial charge in [-0.05, 0) is 36.6 Å². The van der Waals surface area contributed by atoms with Crippen molar-refractivity contribution >= 4 is 17.6 Å². The Hall–Kier alpha value is -1.75. The van der Waals surface area contributed by atoms with Gasteiger partial charge in [0.25, 0.3) is 0 Å². The van der Waals surface area contributed by atoms with Crippen LogP contribution >= 0.6 is 11.8 Å². The molecular weight excluding hydrogens is 222 g/mol. The van der Waals surface area contributed by atoms with E-state index in [0.29, 0.717) is 11.6 Å². The Bertz CT molecular complexity index is 473. The lowest BCUT2D eigenvalue weighted by atomic mass is 10.3. The molecule has 0 saturated carbocycles. The summed E-state index contributed by atoms with van der Waals surface area (Å²) in [4.78, 5) is 9.09. The number of ether oxygens (including phenoxy) is 1. The molecule has 0 radical (unpaired) electrons. The molecule has 5 heteroatoms. The van der Waals surface area contributed by atoms with Crippen LogP contribution in [0.5, 0.6) is 11.8 Å². The molecule has 1 aromatic carbocycles. The molecular formula is C11H11N3OS. The number of benzene rings is 1. The minimum absolute atomic E-state index is 0.261. The third-order valence-electron chi connectivity index (χ3n) is 1.92. The normalized spacial score (nSPS) is 10.1. The van der Waals surface area contributed by atoms with Gasteiger partial charge in [0.2, 0.25) is 0 Å². The van der Waals surface area contributed by atoms with Crippen LogP contribution in [0.15, 0.2) is 41.4 Å². The second kappa shape index (κ2) is 4.85. The number of hydrogen-bond acceptors (Lipinski definition) is 5. The standard InChI is InChI=1S/C11H11N3OS/c1-16-9-4-2-8(3-5-9)15-11-13-7-6-10(12)14-11/h2-7H,1H3,(H2,12,13,14). The molecule has 2 aromatic rings. The van der Waals surface area contributed by atoms with Crippen LogP contribution in [0, 0.1) is 0 Å². The van der Waals surface area contributed by atoms with Gasteiger partial charge in [0.15, 0.2) is 0 Å². The van der Waals surface area contributed by atoms with Crippen LogP contribution in [0.2, 0.25) is 0 Å². The molecule has 2 rings (SSSR count). The molecule has 0 aliphatic carbocycles. The smallest absolute Gasteiger partial charge is 0.323 e. The molecule has 0 bridgehead atoms. The molecule has 0 saturated heterocycles. The van der Waals surface area contributed by atoms with E-state index >= 15 is 0 Å². The highest BCUT2D eigenvalue weighted by atomic mass is 32.2. The van der Waals surface area contributed by atoms with Crippen molar-refractivity contribution in [1.29, 1.82) is 0 Å². The predicted octanol–water partition coefficient (Wildman–Crippen LogP) is 2.57. The highest BCUT2D eigenvalue weighted by Gasteiger charge is 2.00. The average molecular weight is 233 g/mol. The molecule has 0 amide bonds. The maximum Gasteiger partial charge on any atom is 0.323 e. The summed E-state index contributed by atoms with van der Waals surface area (Å²) in [5.74, 6) is 1.09. The van der Waals surface area contributed by atoms with Crippen LogP contribution in [0.25, 0.3) is 0 Å². The summed E-state index contributed by atoms with van der Waals surface area (Å²) < 4.78 is 5.45. The Labute approximate surface area is 97.9 Å². The first-order chi connectivity index (χ1) is 7.78. The first-order valence-corrected chi connectivity index (χ1v) is 5.91. The monoisotopic (exact) mass is 233 g/mol. The van der Waals surface area contributed by atoms with Gasteiger partial charge >= 0.3 is 6.01 Å². The molecule has 4 nitrogen and oxygen atoms in total. The third kappa shape index (κ3) is 2.64. The number of aromatic nitrogens is 2. The molecule has 1 aromatic heterocycles. The fourth-order valence-electron chi connectivity index (χ4n) is 1.15. The van der Waals surface area contributed by atoms with Crippen molar-refractivity contribution in [2.24, 2.45) is 0 Å². The van der Waals surface area contributed by atoms with Crippen molar-refractivity contribution in [3.05, 3.63) is 36.5 Å². The van der Waals surface area contributed by atoms with Crippen molar-refractivity contribution in [2.75, 3.05) is 12.0 Å². The summed E-state index contributed by atoms with van der Waals surface area (Å²) >= 11 is 1.68. The van der Waals surface area contributed by atoms with Gasteiger partial charge in [-0.2, -0.15) is 4.98 Å². The summed E-state index contributed by atoms with van der Waals surface area (Å²) in [6.45, 7) is 0. The van der Waals surface area contributed by atoms with E-state index in [-0.39, 0.29) is 6.01 Å². The summed E-state index contributed by atoms with van der Waals surface area (Å²) in [6, 6.07) is 9.58. The lowest BCUT2D eigenvalue weighted by molar-refractivity contribution is 0.442. The van der Waals surface area contributed by atoms with Crippen LogP contribution in [-0.4, -0.2) is 16.2 Å². The van der Waals surface area contributed by atoms with Crippen molar-refractivity contribution in [1.82, 2.24) is 9.97 Å². The zero-order valence-corrected chi connectivity index (χ0v) is 9.57. The van der Waals surface area contributed by atoms with E-state index < -0.39 is 0 Å². The number of nitrogen functional groups attached to an aromatic ring is 1. The number of anilines is 1. The summed E-state index contributed by atoms with van der Waals surface area (Å²) in [5.41, 5.74) is 5.52. The number of nitrogens with zero attached hydrogens (tertiary/aromatic N) is 2. The molecule has 82 valence electrons. The molecule has 0 aliphatic rings. The van der Waals surface area contributed by atoms with Crippen LogP contribution in [-0.2, 0) is 0 Å². The van der Waals surface area contributed by atoms with E-state index in [1.165, 1.54) is 4.90 Å². The summed E-state index contributed by atoms with van der Waals surface area (Å²) in [5, 5.41) is 0. The van der Waals surface area contributed by atoms with Gasteiger partial charge in [-0.25, -0.2) is 4.98 Å². The Morgan fingerprint density at radius 2 is 1.94 bits per heavy atom. The maximum atomic E-state index is 5.52. The molecule has 16 heavy (non-hydrogen) atoms. The van der Waals surface area contributed by atoms with E-state index in [4.69, 9.17) is 10.5 Å². The van der Waals surface area contributed by atoms with E-state index in [2.05, 4.69) is 9.97 Å². The summed E-state index contributed by atoms with van der Waals surface area (Å²) in [7, 11) is 0. The van der Waals surface area contributed by atoms with Crippen LogP contribution in [0.4, 0.5) is 5.82 Å². The fraction of sp³-hybridized carbons (Fsp3) is 0.0909. The van der Waals surface area contributed by atoms with E-state index in [1.807, 2.05) is 30.5 Å². The van der Waals surface area contributed by atoms with Gasteiger partial charge in [-0.15, -0.1) is 11.8 Å². The Morgan fingerprint density at radius 1 is 1.19 bits per heavy atom. The minimum Gasteiger partial charge on any atom is -0.424 e. The molecule has 0 aliphatic heterocycles. The van der Waals surface area contributed by atoms with Gasteiger partial charge < -0.3 is 10.5 Å². The summed E-state index contributed by atoms with van der Waals surface area (Å²) in [6.07, 6.45) is 3.59. The quantitative estimate of drug-likeness (QED) is 0.825. The van der Waals surface area contributed by atoms with Gasteiger partial charge in [0.1, 0.15) is 11.6 Å². The van der Waals surface area contributed by atoms with Crippen LogP contribution in [0.3, 0.4) is 0 Å². The van der Waals surface area contributed by atoms with Crippen molar-refractivity contribution in [3.63, 3.8) is 0 Å². The fourth-order valence-corrected chi connectivity index (χ4v) is 1.56. The molecule has 1 heterocycles. The Kier molecular flexibility index (Phi) is 3.26. The topological polar surface area (TPSA) is 61.0 Å². The van der Waals surface area contributed by atoms with E-state index in [0.717, 1.165) is 0 Å². The van der Waals surface area contributed by atoms with Crippen molar-refractivity contribution in [2.45, 2.75) is 4.90 Å². The molecule has 0 atom stereocenters. The zero-order chi connectivity index (χ0) is 11.4. The first kappa shape index (κ1) is 10.8. The zero-order valence-electron chi connectivity index (χ0n) is 8.75. The van der Waals surface area contributed by atoms with Gasteiger partial charge in [-0.1, -0.05) is 0 Å². The molecule has 0 fully saturated rings. The van der Waals surface area contributed by atoms with Crippen LogP contribution < -0.4 is 10.5 Å². The van der Waals surface area contributed by atoms with Crippen molar-refractivity contribution < 1.29 is 4.74 Å². The lowest BCUT2D eigenvalue weighted by Crippen LogP contribution is -1.95. The van der Waals surface area contributed by atoms with Gasteiger partial charge in [0.05, 0.1) is 0 Å². The number of rotatable bonds is 3. The maximum absolute atomic E-state index is 5.52.